The van der Waals surface area contributed by atoms with Crippen molar-refractivity contribution in [3.05, 3.63) is 0 Å². The third-order valence-corrected chi connectivity index (χ3v) is 3.68. The molecule has 1 aliphatic carbocycles. The molecular formula is C13H23N. The van der Waals surface area contributed by atoms with Crippen LogP contribution >= 0.6 is 0 Å². The van der Waals surface area contributed by atoms with E-state index >= 15 is 0 Å². The van der Waals surface area contributed by atoms with Gasteiger partial charge in [0.25, 0.3) is 0 Å². The molecule has 0 aromatic heterocycles. The topological polar surface area (TPSA) is 23.8 Å². The highest BCUT2D eigenvalue weighted by molar-refractivity contribution is 4.77. The molecule has 0 spiro atoms. The minimum Gasteiger partial charge on any atom is -0.198 e. The predicted octanol–water partition coefficient (Wildman–Crippen LogP) is 4.14. The van der Waals surface area contributed by atoms with Gasteiger partial charge in [-0.3, -0.25) is 0 Å². The average Bonchev–Trinajstić information content (AvgIpc) is 2.64. The first-order chi connectivity index (χ1) is 6.74. The van der Waals surface area contributed by atoms with Crippen molar-refractivity contribution in [1.29, 1.82) is 5.26 Å². The van der Waals surface area contributed by atoms with E-state index in [1.165, 1.54) is 32.1 Å². The Hall–Kier alpha value is -0.510. The fourth-order valence-electron chi connectivity index (χ4n) is 2.65. The molecule has 1 fully saturated rings. The van der Waals surface area contributed by atoms with Crippen LogP contribution in [0.25, 0.3) is 0 Å². The molecule has 14 heavy (non-hydrogen) atoms. The minimum atomic E-state index is 0.746. The van der Waals surface area contributed by atoms with Crippen LogP contribution in [0, 0.1) is 29.1 Å². The predicted molar refractivity (Wildman–Crippen MR) is 59.8 cm³/mol. The Morgan fingerprint density at radius 3 is 2.43 bits per heavy atom. The second-order valence-electron chi connectivity index (χ2n) is 5.09. The van der Waals surface area contributed by atoms with Gasteiger partial charge in [0, 0.05) is 6.42 Å². The second-order valence-corrected chi connectivity index (χ2v) is 5.09. The van der Waals surface area contributed by atoms with Crippen molar-refractivity contribution in [3.8, 4) is 6.07 Å². The summed E-state index contributed by atoms with van der Waals surface area (Å²) in [5, 5.41) is 8.61. The van der Waals surface area contributed by atoms with Crippen LogP contribution in [0.15, 0.2) is 0 Å². The van der Waals surface area contributed by atoms with Gasteiger partial charge >= 0.3 is 0 Å². The highest BCUT2D eigenvalue weighted by Crippen LogP contribution is 2.34. The summed E-state index contributed by atoms with van der Waals surface area (Å²) in [6.07, 6.45) is 8.99. The molecule has 1 aliphatic rings. The Morgan fingerprint density at radius 1 is 1.29 bits per heavy atom. The number of nitrogens with zero attached hydrogens (tertiary/aromatic N) is 1. The third kappa shape index (κ3) is 3.70. The molecule has 1 saturated carbocycles. The maximum atomic E-state index is 8.61. The van der Waals surface area contributed by atoms with Gasteiger partial charge in [-0.15, -0.1) is 0 Å². The van der Waals surface area contributed by atoms with E-state index in [9.17, 15) is 0 Å². The summed E-state index contributed by atoms with van der Waals surface area (Å²) in [6.45, 7) is 4.61. The van der Waals surface area contributed by atoms with E-state index in [1.807, 2.05) is 0 Å². The Bertz CT molecular complexity index is 184. The summed E-state index contributed by atoms with van der Waals surface area (Å²) >= 11 is 0. The molecule has 1 nitrogen and oxygen atoms in total. The van der Waals surface area contributed by atoms with Crippen molar-refractivity contribution >= 4 is 0 Å². The average molecular weight is 193 g/mol. The van der Waals surface area contributed by atoms with Crippen LogP contribution in [0.2, 0.25) is 0 Å². The Kier molecular flexibility index (Phi) is 5.01. The zero-order valence-corrected chi connectivity index (χ0v) is 9.63. The molecule has 0 amide bonds. The molecule has 1 heteroatoms. The fraction of sp³-hybridized carbons (Fsp3) is 0.923. The fourth-order valence-corrected chi connectivity index (χ4v) is 2.65. The standard InChI is InChI=1S/C13H23N/c1-11(2)13(8-5-9-14)10-12-6-3-4-7-12/h11-13H,3-8,10H2,1-2H3. The van der Waals surface area contributed by atoms with Gasteiger partial charge in [0.2, 0.25) is 0 Å². The first kappa shape index (κ1) is 11.6. The van der Waals surface area contributed by atoms with Gasteiger partial charge in [-0.2, -0.15) is 5.26 Å². The Morgan fingerprint density at radius 2 is 1.93 bits per heavy atom. The molecule has 0 saturated heterocycles. The molecule has 0 aliphatic heterocycles. The highest BCUT2D eigenvalue weighted by Gasteiger charge is 2.21. The van der Waals surface area contributed by atoms with Crippen molar-refractivity contribution in [2.45, 2.75) is 58.8 Å². The van der Waals surface area contributed by atoms with Crippen molar-refractivity contribution < 1.29 is 0 Å². The summed E-state index contributed by atoms with van der Waals surface area (Å²) < 4.78 is 0. The number of hydrogen-bond donors (Lipinski definition) is 0. The van der Waals surface area contributed by atoms with E-state index in [1.54, 1.807) is 0 Å². The molecule has 1 unspecified atom stereocenters. The molecule has 0 heterocycles. The van der Waals surface area contributed by atoms with Crippen molar-refractivity contribution in [2.24, 2.45) is 17.8 Å². The van der Waals surface area contributed by atoms with Crippen molar-refractivity contribution in [3.63, 3.8) is 0 Å². The second kappa shape index (κ2) is 6.06. The lowest BCUT2D eigenvalue weighted by molar-refractivity contribution is 0.284. The number of hydrogen-bond acceptors (Lipinski definition) is 1. The van der Waals surface area contributed by atoms with Gasteiger partial charge in [-0.1, -0.05) is 39.5 Å². The molecule has 0 aromatic carbocycles. The van der Waals surface area contributed by atoms with Crippen LogP contribution in [-0.4, -0.2) is 0 Å². The smallest absolute Gasteiger partial charge is 0.0621 e. The van der Waals surface area contributed by atoms with Crippen molar-refractivity contribution in [1.82, 2.24) is 0 Å². The van der Waals surface area contributed by atoms with E-state index < -0.39 is 0 Å². The Balaban J connectivity index is 2.30. The normalized spacial score (nSPS) is 19.9. The summed E-state index contributed by atoms with van der Waals surface area (Å²) in [4.78, 5) is 0. The van der Waals surface area contributed by atoms with Gasteiger partial charge in [0.1, 0.15) is 0 Å². The van der Waals surface area contributed by atoms with Crippen LogP contribution in [0.4, 0.5) is 0 Å². The first-order valence-corrected chi connectivity index (χ1v) is 6.11. The van der Waals surface area contributed by atoms with E-state index in [4.69, 9.17) is 5.26 Å². The minimum absolute atomic E-state index is 0.746. The van der Waals surface area contributed by atoms with Gasteiger partial charge in [-0.05, 0) is 30.6 Å². The lowest BCUT2D eigenvalue weighted by Gasteiger charge is -2.23. The van der Waals surface area contributed by atoms with E-state index in [0.717, 1.165) is 30.6 Å². The molecule has 1 atom stereocenters. The van der Waals surface area contributed by atoms with Gasteiger partial charge in [-0.25, -0.2) is 0 Å². The van der Waals surface area contributed by atoms with Crippen LogP contribution in [-0.2, 0) is 0 Å². The molecule has 80 valence electrons. The summed E-state index contributed by atoms with van der Waals surface area (Å²) in [5.41, 5.74) is 0. The molecule has 0 bridgehead atoms. The molecule has 0 N–H and O–H groups in total. The molecule has 1 rings (SSSR count). The number of rotatable bonds is 5. The quantitative estimate of drug-likeness (QED) is 0.643. The van der Waals surface area contributed by atoms with Crippen LogP contribution in [0.5, 0.6) is 0 Å². The third-order valence-electron chi connectivity index (χ3n) is 3.68. The summed E-state index contributed by atoms with van der Waals surface area (Å²) in [5.74, 6) is 2.52. The lowest BCUT2D eigenvalue weighted by Crippen LogP contribution is -2.12. The van der Waals surface area contributed by atoms with Gasteiger partial charge in [0.05, 0.1) is 6.07 Å². The maximum absolute atomic E-state index is 8.61. The largest absolute Gasteiger partial charge is 0.198 e. The molecule has 0 aromatic rings. The zero-order valence-electron chi connectivity index (χ0n) is 9.63. The summed E-state index contributed by atoms with van der Waals surface area (Å²) in [6, 6.07) is 2.28. The maximum Gasteiger partial charge on any atom is 0.0621 e. The van der Waals surface area contributed by atoms with Gasteiger partial charge < -0.3 is 0 Å². The first-order valence-electron chi connectivity index (χ1n) is 6.11. The van der Waals surface area contributed by atoms with Crippen LogP contribution in [0.3, 0.4) is 0 Å². The van der Waals surface area contributed by atoms with E-state index in [-0.39, 0.29) is 0 Å². The molecule has 0 radical (unpaired) electrons. The SMILES string of the molecule is CC(C)C(CCC#N)CC1CCCC1. The highest BCUT2D eigenvalue weighted by atomic mass is 14.3. The number of nitriles is 1. The Labute approximate surface area is 88.5 Å². The van der Waals surface area contributed by atoms with Gasteiger partial charge in [0.15, 0.2) is 0 Å². The van der Waals surface area contributed by atoms with E-state index in [0.29, 0.717) is 0 Å². The summed E-state index contributed by atoms with van der Waals surface area (Å²) in [7, 11) is 0. The van der Waals surface area contributed by atoms with Crippen LogP contribution < -0.4 is 0 Å². The lowest BCUT2D eigenvalue weighted by atomic mass is 9.83. The van der Waals surface area contributed by atoms with Crippen molar-refractivity contribution in [2.75, 3.05) is 0 Å². The van der Waals surface area contributed by atoms with Crippen LogP contribution in [0.1, 0.15) is 58.8 Å². The van der Waals surface area contributed by atoms with E-state index in [2.05, 4.69) is 19.9 Å². The monoisotopic (exact) mass is 193 g/mol. The molecular weight excluding hydrogens is 170 g/mol. The zero-order chi connectivity index (χ0) is 10.4.